The molecule has 2 atom stereocenters. The maximum atomic E-state index is 15.1. The Morgan fingerprint density at radius 1 is 0.750 bits per heavy atom. The first-order chi connectivity index (χ1) is 17.5. The van der Waals surface area contributed by atoms with E-state index in [9.17, 15) is 8.78 Å². The van der Waals surface area contributed by atoms with Gasteiger partial charge in [-0.25, -0.2) is 13.2 Å². The molecule has 1 nitrogen and oxygen atoms in total. The number of aryl methyl sites for hydroxylation is 1. The van der Waals surface area contributed by atoms with E-state index < -0.39 is 11.6 Å². The van der Waals surface area contributed by atoms with E-state index >= 15 is 4.39 Å². The molecular weight excluding hydrogens is 457 g/mol. The second-order valence-electron chi connectivity index (χ2n) is 10.00. The molecule has 4 rings (SSSR count). The van der Waals surface area contributed by atoms with E-state index in [1.54, 1.807) is 37.3 Å². The van der Waals surface area contributed by atoms with Gasteiger partial charge in [-0.1, -0.05) is 94.5 Å². The number of hydrogen-bond donors (Lipinski definition) is 0. The lowest BCUT2D eigenvalue weighted by Crippen LogP contribution is -2.25. The molecular formula is C32H37F3O. The van der Waals surface area contributed by atoms with Gasteiger partial charge < -0.3 is 4.74 Å². The Hall–Kier alpha value is -2.59. The molecule has 4 heteroatoms. The predicted molar refractivity (Wildman–Crippen MR) is 142 cm³/mol. The number of halogens is 3. The van der Waals surface area contributed by atoms with Crippen LogP contribution in [0.5, 0.6) is 0 Å². The monoisotopic (exact) mass is 494 g/mol. The number of hydrogen-bond acceptors (Lipinski definition) is 1. The lowest BCUT2D eigenvalue weighted by molar-refractivity contribution is -0.00273. The first-order valence-corrected chi connectivity index (χ1v) is 13.5. The Bertz CT molecular complexity index is 1130. The van der Waals surface area contributed by atoms with Crippen molar-refractivity contribution < 1.29 is 17.9 Å². The Morgan fingerprint density at radius 3 is 2.14 bits per heavy atom. The second kappa shape index (κ2) is 12.6. The highest BCUT2D eigenvalue weighted by atomic mass is 19.2. The van der Waals surface area contributed by atoms with Gasteiger partial charge in [0, 0.05) is 11.5 Å². The molecule has 0 aliphatic carbocycles. The summed E-state index contributed by atoms with van der Waals surface area (Å²) in [5, 5.41) is 0. The smallest absolute Gasteiger partial charge is 0.166 e. The molecule has 1 fully saturated rings. The number of benzene rings is 3. The zero-order valence-corrected chi connectivity index (χ0v) is 21.5. The maximum absolute atomic E-state index is 15.1. The predicted octanol–water partition coefficient (Wildman–Crippen LogP) is 9.62. The van der Waals surface area contributed by atoms with Gasteiger partial charge in [0.15, 0.2) is 11.6 Å². The minimum atomic E-state index is -0.828. The molecule has 0 radical (unpaired) electrons. The van der Waals surface area contributed by atoms with Crippen LogP contribution in [0.15, 0.2) is 54.6 Å². The molecule has 1 aliphatic rings. The number of ether oxygens (including phenoxy) is 1. The molecule has 0 bridgehead atoms. The van der Waals surface area contributed by atoms with Crippen LogP contribution < -0.4 is 0 Å². The number of rotatable bonds is 10. The summed E-state index contributed by atoms with van der Waals surface area (Å²) >= 11 is 0. The van der Waals surface area contributed by atoms with Gasteiger partial charge in [0.05, 0.1) is 12.7 Å². The summed E-state index contributed by atoms with van der Waals surface area (Å²) in [5.74, 6) is -1.75. The summed E-state index contributed by atoms with van der Waals surface area (Å²) in [6.07, 6.45) is 10.1. The summed E-state index contributed by atoms with van der Waals surface area (Å²) in [5.41, 5.74) is 3.49. The minimum absolute atomic E-state index is 0.0849. The van der Waals surface area contributed by atoms with E-state index in [0.29, 0.717) is 35.8 Å². The summed E-state index contributed by atoms with van der Waals surface area (Å²) < 4.78 is 49.9. The Balaban J connectivity index is 1.38. The molecule has 0 amide bonds. The quantitative estimate of drug-likeness (QED) is 0.255. The van der Waals surface area contributed by atoms with Gasteiger partial charge in [0.1, 0.15) is 5.82 Å². The molecule has 3 aromatic rings. The van der Waals surface area contributed by atoms with Gasteiger partial charge in [0.2, 0.25) is 0 Å². The van der Waals surface area contributed by atoms with Crippen LogP contribution in [-0.2, 0) is 11.2 Å². The molecule has 1 heterocycles. The zero-order valence-electron chi connectivity index (χ0n) is 21.5. The van der Waals surface area contributed by atoms with Crippen molar-refractivity contribution in [2.75, 3.05) is 6.61 Å². The molecule has 0 N–H and O–H groups in total. The fourth-order valence-electron chi connectivity index (χ4n) is 5.22. The van der Waals surface area contributed by atoms with E-state index in [-0.39, 0.29) is 17.3 Å². The SMILES string of the molecule is CCCCCCCC1CCC(c2ccc(-c3ccc(-c4ccc(CC)c(F)c4F)cc3)cc2F)CO1. The van der Waals surface area contributed by atoms with Crippen LogP contribution in [0.1, 0.15) is 82.3 Å². The molecule has 1 aliphatic heterocycles. The normalized spacial score (nSPS) is 17.9. The molecule has 2 unspecified atom stereocenters. The van der Waals surface area contributed by atoms with E-state index in [4.69, 9.17) is 4.74 Å². The minimum Gasteiger partial charge on any atom is -0.378 e. The van der Waals surface area contributed by atoms with E-state index in [0.717, 1.165) is 30.4 Å². The van der Waals surface area contributed by atoms with Crippen molar-refractivity contribution in [3.8, 4) is 22.3 Å². The average Bonchev–Trinajstić information content (AvgIpc) is 2.91. The van der Waals surface area contributed by atoms with E-state index in [1.807, 2.05) is 24.3 Å². The first-order valence-electron chi connectivity index (χ1n) is 13.5. The molecule has 3 aromatic carbocycles. The molecule has 192 valence electrons. The highest BCUT2D eigenvalue weighted by molar-refractivity contribution is 5.71. The van der Waals surface area contributed by atoms with Crippen molar-refractivity contribution in [2.45, 2.75) is 83.7 Å². The molecule has 36 heavy (non-hydrogen) atoms. The van der Waals surface area contributed by atoms with Crippen molar-refractivity contribution in [1.29, 1.82) is 0 Å². The summed E-state index contributed by atoms with van der Waals surface area (Å²) in [4.78, 5) is 0. The lowest BCUT2D eigenvalue weighted by atomic mass is 9.88. The molecule has 0 saturated carbocycles. The fraction of sp³-hybridized carbons (Fsp3) is 0.438. The Morgan fingerprint density at radius 2 is 1.47 bits per heavy atom. The van der Waals surface area contributed by atoms with Crippen molar-refractivity contribution in [3.05, 3.63) is 83.2 Å². The van der Waals surface area contributed by atoms with Crippen molar-refractivity contribution in [2.24, 2.45) is 0 Å². The number of unbranched alkanes of at least 4 members (excludes halogenated alkanes) is 4. The Kier molecular flexibility index (Phi) is 9.25. The van der Waals surface area contributed by atoms with Gasteiger partial charge in [-0.2, -0.15) is 0 Å². The zero-order chi connectivity index (χ0) is 25.5. The van der Waals surface area contributed by atoms with Gasteiger partial charge >= 0.3 is 0 Å². The summed E-state index contributed by atoms with van der Waals surface area (Å²) in [6, 6.07) is 15.8. The summed E-state index contributed by atoms with van der Waals surface area (Å²) in [7, 11) is 0. The van der Waals surface area contributed by atoms with Crippen molar-refractivity contribution in [1.82, 2.24) is 0 Å². The molecule has 0 spiro atoms. The van der Waals surface area contributed by atoms with E-state index in [2.05, 4.69) is 6.92 Å². The highest BCUT2D eigenvalue weighted by Gasteiger charge is 2.25. The van der Waals surface area contributed by atoms with E-state index in [1.165, 1.54) is 32.1 Å². The fourth-order valence-corrected chi connectivity index (χ4v) is 5.22. The van der Waals surface area contributed by atoms with Crippen LogP contribution >= 0.6 is 0 Å². The largest absolute Gasteiger partial charge is 0.378 e. The third-order valence-electron chi connectivity index (χ3n) is 7.51. The van der Waals surface area contributed by atoms with Gasteiger partial charge in [-0.3, -0.25) is 0 Å². The van der Waals surface area contributed by atoms with Crippen LogP contribution in [0, 0.1) is 17.5 Å². The Labute approximate surface area is 213 Å². The first kappa shape index (κ1) is 26.5. The van der Waals surface area contributed by atoms with Crippen molar-refractivity contribution >= 4 is 0 Å². The third kappa shape index (κ3) is 6.21. The second-order valence-corrected chi connectivity index (χ2v) is 10.00. The highest BCUT2D eigenvalue weighted by Crippen LogP contribution is 2.34. The van der Waals surface area contributed by atoms with Crippen LogP contribution in [0.3, 0.4) is 0 Å². The van der Waals surface area contributed by atoms with Crippen LogP contribution in [-0.4, -0.2) is 12.7 Å². The van der Waals surface area contributed by atoms with Gasteiger partial charge in [0.25, 0.3) is 0 Å². The van der Waals surface area contributed by atoms with Gasteiger partial charge in [-0.05, 0) is 59.6 Å². The topological polar surface area (TPSA) is 9.23 Å². The third-order valence-corrected chi connectivity index (χ3v) is 7.51. The maximum Gasteiger partial charge on any atom is 0.166 e. The van der Waals surface area contributed by atoms with Crippen molar-refractivity contribution in [3.63, 3.8) is 0 Å². The van der Waals surface area contributed by atoms with Crippen LogP contribution in [0.2, 0.25) is 0 Å². The average molecular weight is 495 g/mol. The standard InChI is InChI=1S/C32H37F3O/c1-3-5-6-7-8-9-27-17-14-26(21-36-27)28-18-16-25(20-30(28)33)23-10-12-24(13-11-23)29-19-15-22(4-2)31(34)32(29)35/h10-13,15-16,18-20,26-27H,3-9,14,17,21H2,1-2H3. The van der Waals surface area contributed by atoms with Crippen LogP contribution in [0.4, 0.5) is 13.2 Å². The van der Waals surface area contributed by atoms with Crippen LogP contribution in [0.25, 0.3) is 22.3 Å². The molecule has 0 aromatic heterocycles. The molecule has 1 saturated heterocycles. The van der Waals surface area contributed by atoms with Gasteiger partial charge in [-0.15, -0.1) is 0 Å². The lowest BCUT2D eigenvalue weighted by Gasteiger charge is -2.29. The summed E-state index contributed by atoms with van der Waals surface area (Å²) in [6.45, 7) is 4.60.